The van der Waals surface area contributed by atoms with Gasteiger partial charge in [-0.2, -0.15) is 0 Å². The molecule has 4 N–H and O–H groups in total. The van der Waals surface area contributed by atoms with E-state index in [-0.39, 0.29) is 0 Å². The van der Waals surface area contributed by atoms with Gasteiger partial charge in [0, 0.05) is 13.2 Å². The van der Waals surface area contributed by atoms with Crippen LogP contribution in [0, 0.1) is 0 Å². The highest BCUT2D eigenvalue weighted by Gasteiger charge is 2.20. The highest BCUT2D eigenvalue weighted by atomic mass is 16.5. The molecule has 2 atom stereocenters. The second kappa shape index (κ2) is 6.68. The molecule has 0 spiro atoms. The van der Waals surface area contributed by atoms with Crippen molar-refractivity contribution >= 4 is 6.09 Å². The van der Waals surface area contributed by atoms with Gasteiger partial charge in [0.1, 0.15) is 0 Å². The maximum atomic E-state index is 9.37. The van der Waals surface area contributed by atoms with Gasteiger partial charge < -0.3 is 20.9 Å². The summed E-state index contributed by atoms with van der Waals surface area (Å²) in [4.78, 5) is 9.37. The Kier molecular flexibility index (Phi) is 6.26. The SMILES string of the molecule is COC(N)=O.COC1CCC(N)C1. The van der Waals surface area contributed by atoms with E-state index in [1.807, 2.05) is 0 Å². The average Bonchev–Trinajstić information content (AvgIpc) is 2.52. The molecule has 1 amide bonds. The van der Waals surface area contributed by atoms with Gasteiger partial charge in [0.2, 0.25) is 0 Å². The summed E-state index contributed by atoms with van der Waals surface area (Å²) < 4.78 is 8.99. The topological polar surface area (TPSA) is 87.6 Å². The summed E-state index contributed by atoms with van der Waals surface area (Å²) in [5.74, 6) is 0. The van der Waals surface area contributed by atoms with Crippen LogP contribution < -0.4 is 11.5 Å². The molecule has 1 rings (SSSR count). The lowest BCUT2D eigenvalue weighted by atomic mass is 10.3. The molecule has 0 heterocycles. The molecule has 1 aliphatic carbocycles. The minimum atomic E-state index is -0.745. The second-order valence-corrected chi connectivity index (χ2v) is 2.95. The lowest BCUT2D eigenvalue weighted by Crippen LogP contribution is -2.16. The predicted octanol–water partition coefficient (Wildman–Crippen LogP) is 0.224. The van der Waals surface area contributed by atoms with Gasteiger partial charge in [0.15, 0.2) is 0 Å². The standard InChI is InChI=1S/C6H13NO.C2H5NO2/c1-8-6-3-2-5(7)4-6;1-5-2(3)4/h5-6H,2-4,7H2,1H3;1H3,(H2,3,4). The van der Waals surface area contributed by atoms with Crippen LogP contribution >= 0.6 is 0 Å². The van der Waals surface area contributed by atoms with Crippen molar-refractivity contribution in [2.75, 3.05) is 14.2 Å². The van der Waals surface area contributed by atoms with Crippen molar-refractivity contribution in [1.82, 2.24) is 0 Å². The normalized spacial score (nSPS) is 26.1. The number of nitrogens with two attached hydrogens (primary N) is 2. The van der Waals surface area contributed by atoms with E-state index >= 15 is 0 Å². The van der Waals surface area contributed by atoms with Crippen LogP contribution in [0.3, 0.4) is 0 Å². The van der Waals surface area contributed by atoms with Crippen molar-refractivity contribution in [3.63, 3.8) is 0 Å². The first-order valence-electron chi connectivity index (χ1n) is 4.22. The van der Waals surface area contributed by atoms with E-state index in [0.29, 0.717) is 12.1 Å². The first-order chi connectivity index (χ1) is 6.10. The number of amides is 1. The fraction of sp³-hybridized carbons (Fsp3) is 0.875. The smallest absolute Gasteiger partial charge is 0.404 e. The number of hydrogen-bond donors (Lipinski definition) is 2. The largest absolute Gasteiger partial charge is 0.453 e. The Hall–Kier alpha value is -0.810. The summed E-state index contributed by atoms with van der Waals surface area (Å²) in [6.45, 7) is 0. The molecule has 2 unspecified atom stereocenters. The number of ether oxygens (including phenoxy) is 2. The van der Waals surface area contributed by atoms with Gasteiger partial charge in [0.25, 0.3) is 0 Å². The quantitative estimate of drug-likeness (QED) is 0.619. The highest BCUT2D eigenvalue weighted by Crippen LogP contribution is 2.18. The van der Waals surface area contributed by atoms with E-state index in [1.165, 1.54) is 7.11 Å². The van der Waals surface area contributed by atoms with Crippen molar-refractivity contribution in [3.8, 4) is 0 Å². The monoisotopic (exact) mass is 190 g/mol. The van der Waals surface area contributed by atoms with Gasteiger partial charge in [-0.3, -0.25) is 0 Å². The Labute approximate surface area is 78.4 Å². The van der Waals surface area contributed by atoms with Crippen LogP contribution in [-0.4, -0.2) is 32.5 Å². The number of methoxy groups -OCH3 is 2. The minimum absolute atomic E-state index is 0.403. The second-order valence-electron chi connectivity index (χ2n) is 2.95. The summed E-state index contributed by atoms with van der Waals surface area (Å²) in [5.41, 5.74) is 10.1. The molecule has 1 aliphatic rings. The molecular weight excluding hydrogens is 172 g/mol. The van der Waals surface area contributed by atoms with Gasteiger partial charge in [-0.1, -0.05) is 0 Å². The average molecular weight is 190 g/mol. The molecule has 78 valence electrons. The van der Waals surface area contributed by atoms with E-state index in [9.17, 15) is 4.79 Å². The number of rotatable bonds is 1. The van der Waals surface area contributed by atoms with E-state index < -0.39 is 6.09 Å². The molecule has 13 heavy (non-hydrogen) atoms. The highest BCUT2D eigenvalue weighted by molar-refractivity contribution is 5.64. The van der Waals surface area contributed by atoms with E-state index in [0.717, 1.165) is 19.3 Å². The minimum Gasteiger partial charge on any atom is -0.453 e. The van der Waals surface area contributed by atoms with Gasteiger partial charge in [-0.25, -0.2) is 4.79 Å². The van der Waals surface area contributed by atoms with Crippen molar-refractivity contribution < 1.29 is 14.3 Å². The molecule has 0 aromatic carbocycles. The van der Waals surface area contributed by atoms with Gasteiger partial charge in [0.05, 0.1) is 13.2 Å². The summed E-state index contributed by atoms with van der Waals surface area (Å²) in [7, 11) is 2.98. The van der Waals surface area contributed by atoms with Crippen LogP contribution in [0.5, 0.6) is 0 Å². The van der Waals surface area contributed by atoms with E-state index in [1.54, 1.807) is 7.11 Å². The van der Waals surface area contributed by atoms with Crippen LogP contribution in [-0.2, 0) is 9.47 Å². The number of carbonyl (C=O) groups is 1. The third-order valence-electron chi connectivity index (χ3n) is 1.96. The van der Waals surface area contributed by atoms with Crippen LogP contribution in [0.2, 0.25) is 0 Å². The van der Waals surface area contributed by atoms with Crippen LogP contribution in [0.4, 0.5) is 4.79 Å². The fourth-order valence-electron chi connectivity index (χ4n) is 1.19. The zero-order valence-corrected chi connectivity index (χ0v) is 8.16. The zero-order valence-electron chi connectivity index (χ0n) is 8.16. The molecule has 0 aromatic rings. The zero-order chi connectivity index (χ0) is 10.3. The van der Waals surface area contributed by atoms with Crippen LogP contribution in [0.15, 0.2) is 0 Å². The Morgan fingerprint density at radius 1 is 1.38 bits per heavy atom. The number of carbonyl (C=O) groups excluding carboxylic acids is 1. The summed E-state index contributed by atoms with van der Waals surface area (Å²) >= 11 is 0. The van der Waals surface area contributed by atoms with E-state index in [2.05, 4.69) is 10.5 Å². The Morgan fingerprint density at radius 3 is 2.08 bits per heavy atom. The van der Waals surface area contributed by atoms with Crippen molar-refractivity contribution in [2.24, 2.45) is 11.5 Å². The summed E-state index contributed by atoms with van der Waals surface area (Å²) in [6.07, 6.45) is 3.04. The maximum absolute atomic E-state index is 9.37. The number of primary amides is 1. The van der Waals surface area contributed by atoms with Crippen LogP contribution in [0.25, 0.3) is 0 Å². The fourth-order valence-corrected chi connectivity index (χ4v) is 1.19. The molecule has 0 radical (unpaired) electrons. The maximum Gasteiger partial charge on any atom is 0.404 e. The van der Waals surface area contributed by atoms with Crippen molar-refractivity contribution in [2.45, 2.75) is 31.4 Å². The molecule has 0 bridgehead atoms. The summed E-state index contributed by atoms with van der Waals surface area (Å²) in [5, 5.41) is 0. The Balaban J connectivity index is 0.000000252. The Bertz CT molecular complexity index is 152. The molecule has 5 heteroatoms. The first kappa shape index (κ1) is 12.2. The summed E-state index contributed by atoms with van der Waals surface area (Å²) in [6, 6.07) is 0.403. The molecule has 0 saturated heterocycles. The number of hydrogen-bond acceptors (Lipinski definition) is 4. The molecular formula is C8H18N2O3. The van der Waals surface area contributed by atoms with Crippen LogP contribution in [0.1, 0.15) is 19.3 Å². The Morgan fingerprint density at radius 2 is 1.92 bits per heavy atom. The lowest BCUT2D eigenvalue weighted by Gasteiger charge is -2.04. The predicted molar refractivity (Wildman–Crippen MR) is 49.2 cm³/mol. The van der Waals surface area contributed by atoms with Crippen molar-refractivity contribution in [1.29, 1.82) is 0 Å². The molecule has 0 aliphatic heterocycles. The van der Waals surface area contributed by atoms with Gasteiger partial charge in [-0.15, -0.1) is 0 Å². The molecule has 0 aromatic heterocycles. The van der Waals surface area contributed by atoms with E-state index in [4.69, 9.17) is 10.5 Å². The lowest BCUT2D eigenvalue weighted by molar-refractivity contribution is 0.108. The molecule has 1 saturated carbocycles. The molecule has 1 fully saturated rings. The third-order valence-corrected chi connectivity index (χ3v) is 1.96. The van der Waals surface area contributed by atoms with Gasteiger partial charge >= 0.3 is 6.09 Å². The third kappa shape index (κ3) is 6.36. The van der Waals surface area contributed by atoms with Crippen molar-refractivity contribution in [3.05, 3.63) is 0 Å². The molecule has 5 nitrogen and oxygen atoms in total. The van der Waals surface area contributed by atoms with Gasteiger partial charge in [-0.05, 0) is 19.3 Å². The first-order valence-corrected chi connectivity index (χ1v) is 4.22.